The van der Waals surface area contributed by atoms with Gasteiger partial charge in [-0.2, -0.15) is 54.1 Å². The molecule has 262 valence electrons. The summed E-state index contributed by atoms with van der Waals surface area (Å²) in [6.45, 7) is 0. The topological polar surface area (TPSA) is 311 Å². The maximum Gasteiger partial charge on any atom is 1.00 e. The zero-order valence-electron chi connectivity index (χ0n) is 27.9. The van der Waals surface area contributed by atoms with Gasteiger partial charge in [0.05, 0.1) is 15.5 Å². The number of nitrogens with one attached hydrogen (secondary N) is 1. The van der Waals surface area contributed by atoms with Crippen LogP contribution in [0.4, 0.5) is 34.6 Å². The minimum Gasteiger partial charge on any atom is -0.744 e. The molecule has 0 radical (unpaired) electrons. The molecule has 29 heteroatoms. The summed E-state index contributed by atoms with van der Waals surface area (Å²) in [5.41, 5.74) is -1.72. The van der Waals surface area contributed by atoms with Gasteiger partial charge in [0.15, 0.2) is 0 Å². The quantitative estimate of drug-likeness (QED) is 0.0480. The summed E-state index contributed by atoms with van der Waals surface area (Å²) in [4.78, 5) is 9.02. The SMILES string of the molecule is O=S(=O)(O)Oc1c(N=Nc2[c-]ccc(N(c3nc(Cl)nc(Nc4cc(S(=O)(=O)[O-])ccc4S(=O)(=O)[O-])n3)S(=O)(=O)O)c2)ccc2[c-]cccc12.[Na+].[Na+].[Na+].[Na+]. The van der Waals surface area contributed by atoms with Gasteiger partial charge in [-0.05, 0) is 41.2 Å². The molecule has 3 N–H and O–H groups in total. The van der Waals surface area contributed by atoms with E-state index < -0.39 is 85.0 Å². The van der Waals surface area contributed by atoms with Gasteiger partial charge in [0.2, 0.25) is 17.2 Å². The number of azo groups is 1. The van der Waals surface area contributed by atoms with Crippen LogP contribution in [0.25, 0.3) is 10.8 Å². The minimum absolute atomic E-state index is 0. The van der Waals surface area contributed by atoms with Crippen LogP contribution in [0, 0.1) is 12.1 Å². The number of hydrogen-bond donors (Lipinski definition) is 3. The van der Waals surface area contributed by atoms with E-state index in [1.54, 1.807) is 0 Å². The van der Waals surface area contributed by atoms with Crippen LogP contribution in [0.1, 0.15) is 0 Å². The van der Waals surface area contributed by atoms with Crippen molar-refractivity contribution in [3.05, 3.63) is 84.1 Å². The van der Waals surface area contributed by atoms with E-state index in [0.717, 1.165) is 18.2 Å². The van der Waals surface area contributed by atoms with Gasteiger partial charge < -0.3 is 18.6 Å². The maximum atomic E-state index is 12.6. The third-order valence-corrected chi connectivity index (χ3v) is 9.10. The number of hydrogen-bond acceptors (Lipinski definition) is 17. The summed E-state index contributed by atoms with van der Waals surface area (Å²) < 4.78 is 142. The molecule has 0 amide bonds. The summed E-state index contributed by atoms with van der Waals surface area (Å²) in [5.74, 6) is -2.16. The molecule has 4 aromatic carbocycles. The van der Waals surface area contributed by atoms with Crippen molar-refractivity contribution < 1.29 is 174 Å². The Morgan fingerprint density at radius 3 is 2.09 bits per heavy atom. The zero-order chi connectivity index (χ0) is 36.6. The van der Waals surface area contributed by atoms with Crippen molar-refractivity contribution in [3.63, 3.8) is 0 Å². The van der Waals surface area contributed by atoms with E-state index in [4.69, 9.17) is 15.8 Å². The Hall–Kier alpha value is -0.920. The van der Waals surface area contributed by atoms with Crippen LogP contribution in [-0.2, 0) is 40.9 Å². The van der Waals surface area contributed by atoms with Crippen molar-refractivity contribution >= 4 is 98.0 Å². The first-order valence-corrected chi connectivity index (χ1v) is 18.7. The smallest absolute Gasteiger partial charge is 0.744 e. The molecule has 0 spiro atoms. The Balaban J connectivity index is 0.00000364. The van der Waals surface area contributed by atoms with Gasteiger partial charge in [-0.1, -0.05) is 11.5 Å². The molecule has 0 aliphatic heterocycles. The second-order valence-corrected chi connectivity index (χ2v) is 14.7. The van der Waals surface area contributed by atoms with E-state index in [-0.39, 0.29) is 139 Å². The van der Waals surface area contributed by atoms with Crippen molar-refractivity contribution in [2.75, 3.05) is 9.62 Å². The third-order valence-electron chi connectivity index (χ3n) is 6.00. The normalized spacial score (nSPS) is 11.7. The fourth-order valence-electron chi connectivity index (χ4n) is 4.11. The molecule has 0 atom stereocenters. The third kappa shape index (κ3) is 13.3. The summed E-state index contributed by atoms with van der Waals surface area (Å²) >= 11 is 5.94. The van der Waals surface area contributed by atoms with Gasteiger partial charge in [-0.15, -0.1) is 47.9 Å². The second kappa shape index (κ2) is 20.2. The predicted molar refractivity (Wildman–Crippen MR) is 169 cm³/mol. The first kappa shape index (κ1) is 51.1. The van der Waals surface area contributed by atoms with Gasteiger partial charge in [-0.3, -0.25) is 9.11 Å². The standard InChI is InChI=1S/C25H16ClN7O13S4.4Na/c26-23-28-24(27-20-13-17(47(34,35)36)9-11-21(20)48(37,38)39)30-25(29-23)33(49(40,41)42)16-6-3-5-15(12-16)31-32-19-10-8-14-4-1-2-7-18(14)22(19)46-50(43,44)45;;;;/h1-3,6-13H,(H,34,35,36)(H,37,38,39)(H,40,41,42)(H,43,44,45)(H,27,28,29,30);;;;/q-2;4*+1/p-2. The molecule has 0 bridgehead atoms. The Bertz CT molecular complexity index is 2670. The molecule has 0 aliphatic carbocycles. The van der Waals surface area contributed by atoms with E-state index in [1.807, 2.05) is 0 Å². The molecule has 0 unspecified atom stereocenters. The van der Waals surface area contributed by atoms with Crippen LogP contribution in [0.5, 0.6) is 5.75 Å². The van der Waals surface area contributed by atoms with Crippen molar-refractivity contribution in [2.45, 2.75) is 9.79 Å². The second-order valence-electron chi connectivity index (χ2n) is 9.35. The summed E-state index contributed by atoms with van der Waals surface area (Å²) in [6, 6.07) is 17.4. The molecule has 5 rings (SSSR count). The fourth-order valence-corrected chi connectivity index (χ4v) is 6.43. The number of anilines is 4. The molecule has 1 aromatic heterocycles. The zero-order valence-corrected chi connectivity index (χ0v) is 40.0. The van der Waals surface area contributed by atoms with Gasteiger partial charge >= 0.3 is 139 Å². The van der Waals surface area contributed by atoms with Gasteiger partial charge in [0.25, 0.3) is 0 Å². The number of fused-ring (bicyclic) bond motifs is 1. The number of halogens is 1. The Morgan fingerprint density at radius 1 is 0.796 bits per heavy atom. The van der Waals surface area contributed by atoms with E-state index in [1.165, 1.54) is 30.3 Å². The first-order valence-electron chi connectivity index (χ1n) is 12.7. The fraction of sp³-hybridized carbons (Fsp3) is 0. The van der Waals surface area contributed by atoms with Crippen LogP contribution in [0.15, 0.2) is 86.7 Å². The summed E-state index contributed by atoms with van der Waals surface area (Å²) in [7, 11) is -20.8. The first-order chi connectivity index (χ1) is 23.2. The van der Waals surface area contributed by atoms with Crippen LogP contribution in [-0.4, -0.2) is 66.8 Å². The van der Waals surface area contributed by atoms with Gasteiger partial charge in [0, 0.05) is 0 Å². The van der Waals surface area contributed by atoms with Crippen LogP contribution >= 0.6 is 11.6 Å². The molecule has 1 heterocycles. The monoisotopic (exact) mass is 875 g/mol. The van der Waals surface area contributed by atoms with Crippen LogP contribution in [0.3, 0.4) is 0 Å². The molecular formula is C25H14ClN7Na4O13S4. The minimum atomic E-state index is -5.35. The van der Waals surface area contributed by atoms with E-state index >= 15 is 0 Å². The average Bonchev–Trinajstić information content (AvgIpc) is 2.98. The number of benzene rings is 4. The molecular weight excluding hydrogens is 862 g/mol. The largest absolute Gasteiger partial charge is 1.00 e. The molecule has 5 aromatic rings. The Morgan fingerprint density at radius 2 is 1.48 bits per heavy atom. The van der Waals surface area contributed by atoms with Gasteiger partial charge in [-0.25, -0.2) is 21.1 Å². The summed E-state index contributed by atoms with van der Waals surface area (Å²) in [5, 5.41) is 9.76. The number of nitrogens with zero attached hydrogens (tertiary/aromatic N) is 6. The van der Waals surface area contributed by atoms with Crippen molar-refractivity contribution in [1.82, 2.24) is 15.0 Å². The van der Waals surface area contributed by atoms with E-state index in [0.29, 0.717) is 23.6 Å². The Kier molecular flexibility index (Phi) is 19.1. The molecule has 54 heavy (non-hydrogen) atoms. The molecule has 20 nitrogen and oxygen atoms in total. The van der Waals surface area contributed by atoms with Crippen molar-refractivity contribution in [2.24, 2.45) is 10.2 Å². The van der Waals surface area contributed by atoms with Gasteiger partial charge in [0.1, 0.15) is 31.7 Å². The van der Waals surface area contributed by atoms with Crippen LogP contribution < -0.4 is 132 Å². The van der Waals surface area contributed by atoms with Crippen molar-refractivity contribution in [1.29, 1.82) is 0 Å². The number of aromatic nitrogens is 3. The predicted octanol–water partition coefficient (Wildman–Crippen LogP) is -8.62. The molecule has 0 saturated carbocycles. The molecule has 0 aliphatic rings. The number of rotatable bonds is 11. The van der Waals surface area contributed by atoms with Crippen LogP contribution in [0.2, 0.25) is 5.28 Å². The van der Waals surface area contributed by atoms with Crippen molar-refractivity contribution in [3.8, 4) is 5.75 Å². The molecule has 0 saturated heterocycles. The molecule has 0 fully saturated rings. The average molecular weight is 876 g/mol. The summed E-state index contributed by atoms with van der Waals surface area (Å²) in [6.07, 6.45) is 0. The van der Waals surface area contributed by atoms with E-state index in [9.17, 15) is 51.9 Å². The maximum absolute atomic E-state index is 12.6. The Labute approximate surface area is 401 Å². The van der Waals surface area contributed by atoms with E-state index in [2.05, 4.69) is 42.6 Å².